The van der Waals surface area contributed by atoms with Crippen LogP contribution < -0.4 is 5.32 Å². The van der Waals surface area contributed by atoms with Crippen LogP contribution in [-0.4, -0.2) is 16.1 Å². The average molecular weight is 269 g/mol. The van der Waals surface area contributed by atoms with E-state index in [0.29, 0.717) is 0 Å². The van der Waals surface area contributed by atoms with Crippen LogP contribution in [0.1, 0.15) is 0 Å². The Morgan fingerprint density at radius 3 is 3.11 bits per heavy atom. The zero-order chi connectivity index (χ0) is 13.2. The molecule has 3 nitrogen and oxygen atoms in total. The molecule has 1 N–H and O–H groups in total. The predicted molar refractivity (Wildman–Crippen MR) is 82.7 cm³/mol. The summed E-state index contributed by atoms with van der Waals surface area (Å²) in [5, 5.41) is 7.49. The van der Waals surface area contributed by atoms with Gasteiger partial charge in [0.2, 0.25) is 0 Å². The fraction of sp³-hybridized carbons (Fsp3) is 0.133. The Kier molecular flexibility index (Phi) is 3.09. The van der Waals surface area contributed by atoms with E-state index < -0.39 is 0 Å². The van der Waals surface area contributed by atoms with E-state index in [1.165, 1.54) is 16.5 Å². The molecule has 96 valence electrons. The molecule has 0 unspecified atom stereocenters. The third-order valence-corrected chi connectivity index (χ3v) is 3.87. The SMILES string of the molecule is C=CCNc1nc(-c2cn(C)c3ccccc23)cs1. The maximum atomic E-state index is 4.63. The Bertz CT molecular complexity index is 724. The molecular formula is C15H15N3S. The Morgan fingerprint density at radius 1 is 1.42 bits per heavy atom. The van der Waals surface area contributed by atoms with Crippen molar-refractivity contribution >= 4 is 27.4 Å². The van der Waals surface area contributed by atoms with Gasteiger partial charge in [-0.3, -0.25) is 0 Å². The van der Waals surface area contributed by atoms with Gasteiger partial charge in [-0.2, -0.15) is 0 Å². The summed E-state index contributed by atoms with van der Waals surface area (Å²) < 4.78 is 2.14. The van der Waals surface area contributed by atoms with E-state index in [4.69, 9.17) is 0 Å². The van der Waals surface area contributed by atoms with Crippen molar-refractivity contribution in [1.29, 1.82) is 0 Å². The topological polar surface area (TPSA) is 29.9 Å². The molecule has 4 heteroatoms. The number of rotatable bonds is 4. The van der Waals surface area contributed by atoms with Crippen LogP contribution in [-0.2, 0) is 7.05 Å². The van der Waals surface area contributed by atoms with Crippen molar-refractivity contribution in [2.75, 3.05) is 11.9 Å². The summed E-state index contributed by atoms with van der Waals surface area (Å²) >= 11 is 1.62. The predicted octanol–water partition coefficient (Wildman–Crippen LogP) is 3.90. The number of fused-ring (bicyclic) bond motifs is 1. The van der Waals surface area contributed by atoms with Crippen molar-refractivity contribution in [2.45, 2.75) is 0 Å². The van der Waals surface area contributed by atoms with Crippen LogP contribution in [0.2, 0.25) is 0 Å². The van der Waals surface area contributed by atoms with Gasteiger partial charge in [-0.1, -0.05) is 24.3 Å². The Hall–Kier alpha value is -2.07. The van der Waals surface area contributed by atoms with Crippen LogP contribution in [0.25, 0.3) is 22.2 Å². The first-order valence-corrected chi connectivity index (χ1v) is 7.02. The van der Waals surface area contributed by atoms with Gasteiger partial charge in [-0.25, -0.2) is 4.98 Å². The smallest absolute Gasteiger partial charge is 0.183 e. The monoisotopic (exact) mass is 269 g/mol. The fourth-order valence-electron chi connectivity index (χ4n) is 2.18. The first kappa shape index (κ1) is 12.0. The average Bonchev–Trinajstić information content (AvgIpc) is 3.02. The van der Waals surface area contributed by atoms with Gasteiger partial charge in [0, 0.05) is 41.6 Å². The lowest BCUT2D eigenvalue weighted by molar-refractivity contribution is 0.969. The normalized spacial score (nSPS) is 10.8. The van der Waals surface area contributed by atoms with E-state index in [2.05, 4.69) is 64.3 Å². The maximum Gasteiger partial charge on any atom is 0.183 e. The van der Waals surface area contributed by atoms with E-state index >= 15 is 0 Å². The van der Waals surface area contributed by atoms with Crippen molar-refractivity contribution in [2.24, 2.45) is 7.05 Å². The van der Waals surface area contributed by atoms with Gasteiger partial charge in [0.25, 0.3) is 0 Å². The lowest BCUT2D eigenvalue weighted by Gasteiger charge is -1.96. The van der Waals surface area contributed by atoms with Gasteiger partial charge < -0.3 is 9.88 Å². The molecule has 0 aliphatic rings. The number of anilines is 1. The first-order chi connectivity index (χ1) is 9.29. The Labute approximate surface area is 116 Å². The van der Waals surface area contributed by atoms with Crippen LogP contribution >= 0.6 is 11.3 Å². The van der Waals surface area contributed by atoms with Crippen molar-refractivity contribution in [3.8, 4) is 11.3 Å². The minimum atomic E-state index is 0.739. The summed E-state index contributed by atoms with van der Waals surface area (Å²) in [5.74, 6) is 0. The first-order valence-electron chi connectivity index (χ1n) is 6.14. The van der Waals surface area contributed by atoms with Crippen LogP contribution in [0.3, 0.4) is 0 Å². The quantitative estimate of drug-likeness (QED) is 0.728. The molecule has 0 fully saturated rings. The van der Waals surface area contributed by atoms with E-state index in [9.17, 15) is 0 Å². The fourth-order valence-corrected chi connectivity index (χ4v) is 2.90. The van der Waals surface area contributed by atoms with Gasteiger partial charge in [0.15, 0.2) is 5.13 Å². The largest absolute Gasteiger partial charge is 0.358 e. The number of hydrogen-bond donors (Lipinski definition) is 1. The molecular weight excluding hydrogens is 254 g/mol. The van der Waals surface area contributed by atoms with Crippen LogP contribution in [0.5, 0.6) is 0 Å². The summed E-state index contributed by atoms with van der Waals surface area (Å²) in [7, 11) is 2.06. The highest BCUT2D eigenvalue weighted by molar-refractivity contribution is 7.14. The number of nitrogens with zero attached hydrogens (tertiary/aromatic N) is 2. The molecule has 0 bridgehead atoms. The highest BCUT2D eigenvalue weighted by Crippen LogP contribution is 2.32. The van der Waals surface area contributed by atoms with Crippen molar-refractivity contribution < 1.29 is 0 Å². The summed E-state index contributed by atoms with van der Waals surface area (Å²) in [6.07, 6.45) is 3.97. The molecule has 1 aromatic carbocycles. The van der Waals surface area contributed by atoms with Gasteiger partial charge in [-0.15, -0.1) is 17.9 Å². The molecule has 2 heterocycles. The molecule has 0 atom stereocenters. The van der Waals surface area contributed by atoms with Gasteiger partial charge in [0.05, 0.1) is 5.69 Å². The molecule has 0 saturated carbocycles. The third kappa shape index (κ3) is 2.15. The lowest BCUT2D eigenvalue weighted by Crippen LogP contribution is -1.96. The molecule has 3 aromatic rings. The number of para-hydroxylation sites is 1. The number of nitrogens with one attached hydrogen (secondary N) is 1. The number of aryl methyl sites for hydroxylation is 1. The van der Waals surface area contributed by atoms with Crippen LogP contribution in [0, 0.1) is 0 Å². The molecule has 0 aliphatic carbocycles. The number of benzene rings is 1. The third-order valence-electron chi connectivity index (χ3n) is 3.07. The zero-order valence-corrected chi connectivity index (χ0v) is 11.6. The van der Waals surface area contributed by atoms with E-state index in [-0.39, 0.29) is 0 Å². The maximum absolute atomic E-state index is 4.63. The second-order valence-corrected chi connectivity index (χ2v) is 5.24. The molecule has 0 saturated heterocycles. The molecule has 0 spiro atoms. The Morgan fingerprint density at radius 2 is 2.26 bits per heavy atom. The molecule has 0 aliphatic heterocycles. The van der Waals surface area contributed by atoms with E-state index in [0.717, 1.165) is 17.4 Å². The summed E-state index contributed by atoms with van der Waals surface area (Å²) in [6.45, 7) is 4.43. The van der Waals surface area contributed by atoms with Crippen molar-refractivity contribution in [1.82, 2.24) is 9.55 Å². The molecule has 3 rings (SSSR count). The number of thiazole rings is 1. The Balaban J connectivity index is 2.04. The summed E-state index contributed by atoms with van der Waals surface area (Å²) in [6, 6.07) is 8.39. The molecule has 19 heavy (non-hydrogen) atoms. The second kappa shape index (κ2) is 4.90. The minimum Gasteiger partial charge on any atom is -0.358 e. The summed E-state index contributed by atoms with van der Waals surface area (Å²) in [5.41, 5.74) is 3.43. The molecule has 2 aromatic heterocycles. The van der Waals surface area contributed by atoms with Crippen molar-refractivity contribution in [3.05, 3.63) is 48.5 Å². The van der Waals surface area contributed by atoms with Crippen LogP contribution in [0.4, 0.5) is 5.13 Å². The second-order valence-electron chi connectivity index (χ2n) is 4.38. The van der Waals surface area contributed by atoms with Crippen molar-refractivity contribution in [3.63, 3.8) is 0 Å². The van der Waals surface area contributed by atoms with Crippen LogP contribution in [0.15, 0.2) is 48.5 Å². The highest BCUT2D eigenvalue weighted by Gasteiger charge is 2.11. The highest BCUT2D eigenvalue weighted by atomic mass is 32.1. The standard InChI is InChI=1S/C15H15N3S/c1-3-8-16-15-17-13(10-19-15)12-9-18(2)14-7-5-4-6-11(12)14/h3-7,9-10H,1,8H2,2H3,(H,16,17). The summed E-state index contributed by atoms with van der Waals surface area (Å²) in [4.78, 5) is 4.63. The van der Waals surface area contributed by atoms with E-state index in [1.54, 1.807) is 11.3 Å². The molecule has 0 radical (unpaired) electrons. The minimum absolute atomic E-state index is 0.739. The number of hydrogen-bond acceptors (Lipinski definition) is 3. The van der Waals surface area contributed by atoms with Gasteiger partial charge in [0.1, 0.15) is 0 Å². The zero-order valence-electron chi connectivity index (χ0n) is 10.8. The van der Waals surface area contributed by atoms with E-state index in [1.807, 2.05) is 6.08 Å². The number of aromatic nitrogens is 2. The van der Waals surface area contributed by atoms with Gasteiger partial charge >= 0.3 is 0 Å². The van der Waals surface area contributed by atoms with Gasteiger partial charge in [-0.05, 0) is 6.07 Å². The lowest BCUT2D eigenvalue weighted by atomic mass is 10.1. The molecule has 0 amide bonds.